The van der Waals surface area contributed by atoms with Gasteiger partial charge >= 0.3 is 5.97 Å². The standard InChI is InChI=1S/C26H28FNO2/c1-3-18(2)4-5-19-6-8-20(9-7-19)21-10-12-22(13-11-21)26(29)30-24-15-14-23(17-28)25(27)16-24/h10-16,19-20H,2-9H2,1H3. The van der Waals surface area contributed by atoms with Crippen LogP contribution >= 0.6 is 0 Å². The molecule has 4 heteroatoms. The van der Waals surface area contributed by atoms with E-state index in [9.17, 15) is 9.18 Å². The first-order valence-electron chi connectivity index (χ1n) is 10.7. The lowest BCUT2D eigenvalue weighted by Crippen LogP contribution is -2.14. The fraction of sp³-hybridized carbons (Fsp3) is 0.385. The fourth-order valence-electron chi connectivity index (χ4n) is 4.08. The number of hydrogen-bond acceptors (Lipinski definition) is 3. The van der Waals surface area contributed by atoms with Crippen LogP contribution in [0.15, 0.2) is 54.6 Å². The van der Waals surface area contributed by atoms with Crippen LogP contribution in [0.3, 0.4) is 0 Å². The zero-order valence-electron chi connectivity index (χ0n) is 17.5. The third kappa shape index (κ3) is 5.57. The minimum Gasteiger partial charge on any atom is -0.423 e. The van der Waals surface area contributed by atoms with E-state index in [1.807, 2.05) is 12.1 Å². The molecule has 0 heterocycles. The average molecular weight is 406 g/mol. The summed E-state index contributed by atoms with van der Waals surface area (Å²) in [7, 11) is 0. The maximum Gasteiger partial charge on any atom is 0.343 e. The summed E-state index contributed by atoms with van der Waals surface area (Å²) in [5.74, 6) is 0.183. The summed E-state index contributed by atoms with van der Waals surface area (Å²) in [6.45, 7) is 6.28. The maximum atomic E-state index is 13.7. The Balaban J connectivity index is 1.54. The average Bonchev–Trinajstić information content (AvgIpc) is 2.78. The molecule has 1 aliphatic rings. The van der Waals surface area contributed by atoms with Crippen molar-refractivity contribution in [3.63, 3.8) is 0 Å². The molecule has 0 atom stereocenters. The second kappa shape index (κ2) is 10.2. The molecule has 0 N–H and O–H groups in total. The highest BCUT2D eigenvalue weighted by atomic mass is 19.1. The number of halogens is 1. The zero-order valence-corrected chi connectivity index (χ0v) is 17.5. The summed E-state index contributed by atoms with van der Waals surface area (Å²) >= 11 is 0. The van der Waals surface area contributed by atoms with Crippen LogP contribution < -0.4 is 4.74 Å². The van der Waals surface area contributed by atoms with Gasteiger partial charge in [0.25, 0.3) is 0 Å². The van der Waals surface area contributed by atoms with E-state index in [4.69, 9.17) is 10.00 Å². The Kier molecular flexibility index (Phi) is 7.41. The van der Waals surface area contributed by atoms with Gasteiger partial charge in [-0.15, -0.1) is 0 Å². The molecule has 0 bridgehead atoms. The Morgan fingerprint density at radius 3 is 2.47 bits per heavy atom. The summed E-state index contributed by atoms with van der Waals surface area (Å²) in [6, 6.07) is 13.1. The lowest BCUT2D eigenvalue weighted by atomic mass is 9.77. The molecule has 0 unspecified atom stereocenters. The van der Waals surface area contributed by atoms with Crippen LogP contribution in [0.2, 0.25) is 0 Å². The first-order valence-corrected chi connectivity index (χ1v) is 10.7. The van der Waals surface area contributed by atoms with Crippen LogP contribution in [-0.2, 0) is 0 Å². The van der Waals surface area contributed by atoms with Crippen molar-refractivity contribution in [2.75, 3.05) is 0 Å². The molecule has 0 radical (unpaired) electrons. The van der Waals surface area contributed by atoms with Crippen LogP contribution in [0.4, 0.5) is 4.39 Å². The van der Waals surface area contributed by atoms with Crippen LogP contribution in [0.5, 0.6) is 5.75 Å². The number of allylic oxidation sites excluding steroid dienone is 1. The van der Waals surface area contributed by atoms with Gasteiger partial charge < -0.3 is 4.74 Å². The molecule has 30 heavy (non-hydrogen) atoms. The summed E-state index contributed by atoms with van der Waals surface area (Å²) in [5.41, 5.74) is 2.95. The van der Waals surface area contributed by atoms with Crippen LogP contribution in [0.1, 0.15) is 79.3 Å². The summed E-state index contributed by atoms with van der Waals surface area (Å²) in [6.07, 6.45) is 8.32. The second-order valence-electron chi connectivity index (χ2n) is 8.12. The van der Waals surface area contributed by atoms with Gasteiger partial charge in [0.1, 0.15) is 17.6 Å². The van der Waals surface area contributed by atoms with Gasteiger partial charge in [-0.3, -0.25) is 0 Å². The number of nitriles is 1. The van der Waals surface area contributed by atoms with E-state index in [-0.39, 0.29) is 11.3 Å². The minimum atomic E-state index is -0.701. The van der Waals surface area contributed by atoms with E-state index in [2.05, 4.69) is 13.5 Å². The van der Waals surface area contributed by atoms with Gasteiger partial charge in [-0.1, -0.05) is 31.2 Å². The van der Waals surface area contributed by atoms with Crippen LogP contribution in [0, 0.1) is 23.1 Å². The molecule has 1 aliphatic carbocycles. The summed E-state index contributed by atoms with van der Waals surface area (Å²) in [5, 5.41) is 8.77. The molecular weight excluding hydrogens is 377 g/mol. The van der Waals surface area contributed by atoms with E-state index >= 15 is 0 Å². The van der Waals surface area contributed by atoms with Crippen molar-refractivity contribution in [2.24, 2.45) is 5.92 Å². The highest BCUT2D eigenvalue weighted by Gasteiger charge is 2.22. The highest BCUT2D eigenvalue weighted by molar-refractivity contribution is 5.91. The molecular formula is C26H28FNO2. The number of esters is 1. The van der Waals surface area contributed by atoms with Crippen molar-refractivity contribution in [1.29, 1.82) is 5.26 Å². The second-order valence-corrected chi connectivity index (χ2v) is 8.12. The van der Waals surface area contributed by atoms with Gasteiger partial charge in [0, 0.05) is 6.07 Å². The minimum absolute atomic E-state index is 0.0795. The Morgan fingerprint density at radius 2 is 1.87 bits per heavy atom. The summed E-state index contributed by atoms with van der Waals surface area (Å²) < 4.78 is 18.9. The normalized spacial score (nSPS) is 18.4. The topological polar surface area (TPSA) is 50.1 Å². The van der Waals surface area contributed by atoms with Crippen molar-refractivity contribution in [3.05, 3.63) is 77.1 Å². The van der Waals surface area contributed by atoms with Crippen LogP contribution in [-0.4, -0.2) is 5.97 Å². The summed E-state index contributed by atoms with van der Waals surface area (Å²) in [4.78, 5) is 12.3. The van der Waals surface area contributed by atoms with Crippen molar-refractivity contribution in [1.82, 2.24) is 0 Å². The molecule has 0 saturated heterocycles. The predicted octanol–water partition coefficient (Wildman–Crippen LogP) is 6.94. The fourth-order valence-corrected chi connectivity index (χ4v) is 4.08. The number of carbonyl (C=O) groups excluding carboxylic acids is 1. The van der Waals surface area contributed by atoms with Crippen LogP contribution in [0.25, 0.3) is 0 Å². The van der Waals surface area contributed by atoms with Gasteiger partial charge in [-0.2, -0.15) is 5.26 Å². The van der Waals surface area contributed by atoms with E-state index in [0.29, 0.717) is 11.5 Å². The van der Waals surface area contributed by atoms with Gasteiger partial charge in [-0.25, -0.2) is 9.18 Å². The number of carbonyl (C=O) groups is 1. The quantitative estimate of drug-likeness (QED) is 0.285. The highest BCUT2D eigenvalue weighted by Crippen LogP contribution is 2.38. The number of hydrogen-bond donors (Lipinski definition) is 0. The molecule has 0 aliphatic heterocycles. The molecule has 0 amide bonds. The van der Waals surface area contributed by atoms with E-state index < -0.39 is 11.8 Å². The SMILES string of the molecule is C=C(CC)CCC1CCC(c2ccc(C(=O)Oc3ccc(C#N)c(F)c3)cc2)CC1. The van der Waals surface area contributed by atoms with E-state index in [1.54, 1.807) is 18.2 Å². The molecule has 2 aromatic rings. The lowest BCUT2D eigenvalue weighted by molar-refractivity contribution is 0.0734. The number of rotatable bonds is 7. The number of nitrogens with zero attached hydrogens (tertiary/aromatic N) is 1. The first kappa shape index (κ1) is 21.8. The third-order valence-corrected chi connectivity index (χ3v) is 6.14. The molecule has 0 spiro atoms. The molecule has 156 valence electrons. The van der Waals surface area contributed by atoms with Gasteiger partial charge in [-0.05, 0) is 86.6 Å². The molecule has 1 fully saturated rings. The van der Waals surface area contributed by atoms with E-state index in [0.717, 1.165) is 24.8 Å². The molecule has 3 rings (SSSR count). The number of benzene rings is 2. The van der Waals surface area contributed by atoms with Gasteiger partial charge in [0.2, 0.25) is 0 Å². The maximum absolute atomic E-state index is 13.7. The van der Waals surface area contributed by atoms with Crippen molar-refractivity contribution in [3.8, 4) is 11.8 Å². The third-order valence-electron chi connectivity index (χ3n) is 6.14. The Hall–Kier alpha value is -2.93. The lowest BCUT2D eigenvalue weighted by Gasteiger charge is -2.29. The molecule has 0 aromatic heterocycles. The number of ether oxygens (including phenoxy) is 1. The molecule has 1 saturated carbocycles. The Bertz CT molecular complexity index is 934. The first-order chi connectivity index (χ1) is 14.5. The van der Waals surface area contributed by atoms with Gasteiger partial charge in [0.15, 0.2) is 0 Å². The zero-order chi connectivity index (χ0) is 21.5. The largest absolute Gasteiger partial charge is 0.423 e. The smallest absolute Gasteiger partial charge is 0.343 e. The van der Waals surface area contributed by atoms with E-state index in [1.165, 1.54) is 55.4 Å². The Morgan fingerprint density at radius 1 is 1.17 bits per heavy atom. The Labute approximate surface area is 178 Å². The predicted molar refractivity (Wildman–Crippen MR) is 116 cm³/mol. The van der Waals surface area contributed by atoms with Crippen molar-refractivity contribution < 1.29 is 13.9 Å². The van der Waals surface area contributed by atoms with Gasteiger partial charge in [0.05, 0.1) is 11.1 Å². The monoisotopic (exact) mass is 405 g/mol. The molecule has 3 nitrogen and oxygen atoms in total. The van der Waals surface area contributed by atoms with Crippen molar-refractivity contribution >= 4 is 5.97 Å². The molecule has 2 aromatic carbocycles. The van der Waals surface area contributed by atoms with Crippen molar-refractivity contribution in [2.45, 2.75) is 57.8 Å².